The Morgan fingerprint density at radius 2 is 1.95 bits per heavy atom. The van der Waals surface area contributed by atoms with E-state index in [2.05, 4.69) is 4.99 Å². The number of ether oxygens (including phenoxy) is 2. The van der Waals surface area contributed by atoms with E-state index in [4.69, 9.17) is 9.47 Å². The van der Waals surface area contributed by atoms with Crippen LogP contribution in [0, 0.1) is 5.82 Å². The molecule has 1 fully saturated rings. The maximum atomic E-state index is 14.6. The second-order valence-corrected chi connectivity index (χ2v) is 4.89. The van der Waals surface area contributed by atoms with Crippen LogP contribution in [-0.4, -0.2) is 19.3 Å². The van der Waals surface area contributed by atoms with Crippen LogP contribution in [0.4, 0.5) is 4.39 Å². The molecule has 1 aromatic carbocycles. The molecule has 0 saturated heterocycles. The van der Waals surface area contributed by atoms with E-state index < -0.39 is 11.4 Å². The van der Waals surface area contributed by atoms with Crippen LogP contribution in [0.5, 0.6) is 11.5 Å². The summed E-state index contributed by atoms with van der Waals surface area (Å²) in [6.07, 6.45) is 4.78. The van der Waals surface area contributed by atoms with Crippen LogP contribution in [-0.2, 0) is 10.3 Å². The van der Waals surface area contributed by atoms with Crippen molar-refractivity contribution in [3.8, 4) is 11.5 Å². The summed E-state index contributed by atoms with van der Waals surface area (Å²) in [6, 6.07) is 3.34. The van der Waals surface area contributed by atoms with Crippen LogP contribution in [0.1, 0.15) is 31.2 Å². The highest BCUT2D eigenvalue weighted by Crippen LogP contribution is 2.46. The summed E-state index contributed by atoms with van der Waals surface area (Å²) >= 11 is 0. The summed E-state index contributed by atoms with van der Waals surface area (Å²) < 4.78 is 25.3. The van der Waals surface area contributed by atoms with Gasteiger partial charge in [0.15, 0.2) is 17.3 Å². The van der Waals surface area contributed by atoms with E-state index in [0.717, 1.165) is 12.8 Å². The highest BCUT2D eigenvalue weighted by molar-refractivity contribution is 5.49. The molecule has 1 aliphatic carbocycles. The van der Waals surface area contributed by atoms with Gasteiger partial charge < -0.3 is 9.47 Å². The maximum absolute atomic E-state index is 14.6. The number of hydrogen-bond acceptors (Lipinski definition) is 4. The van der Waals surface area contributed by atoms with Gasteiger partial charge in [-0.2, -0.15) is 4.99 Å². The van der Waals surface area contributed by atoms with E-state index in [1.807, 2.05) is 0 Å². The van der Waals surface area contributed by atoms with Crippen molar-refractivity contribution in [3.05, 3.63) is 23.5 Å². The molecule has 100 valence electrons. The second-order valence-electron chi connectivity index (χ2n) is 4.89. The molecule has 0 aromatic heterocycles. The fourth-order valence-electron chi connectivity index (χ4n) is 2.93. The van der Waals surface area contributed by atoms with E-state index in [9.17, 15) is 9.18 Å². The molecule has 0 N–H and O–H groups in total. The second kappa shape index (κ2) is 4.67. The number of fused-ring (bicyclic) bond motifs is 1. The number of nitrogens with zero attached hydrogens (tertiary/aromatic N) is 1. The third-order valence-corrected chi connectivity index (χ3v) is 3.84. The zero-order valence-electron chi connectivity index (χ0n) is 10.4. The van der Waals surface area contributed by atoms with Crippen LogP contribution in [0.2, 0.25) is 0 Å². The van der Waals surface area contributed by atoms with Crippen molar-refractivity contribution in [2.75, 3.05) is 13.2 Å². The largest absolute Gasteiger partial charge is 0.486 e. The van der Waals surface area contributed by atoms with Gasteiger partial charge in [0.25, 0.3) is 0 Å². The number of isocyanates is 1. The van der Waals surface area contributed by atoms with Crippen LogP contribution in [0.25, 0.3) is 0 Å². The van der Waals surface area contributed by atoms with E-state index >= 15 is 0 Å². The van der Waals surface area contributed by atoms with E-state index in [0.29, 0.717) is 37.4 Å². The molecule has 2 aliphatic rings. The molecular formula is C14H14FNO3. The van der Waals surface area contributed by atoms with Gasteiger partial charge >= 0.3 is 0 Å². The fourth-order valence-corrected chi connectivity index (χ4v) is 2.93. The number of halogens is 1. The van der Waals surface area contributed by atoms with Crippen molar-refractivity contribution in [3.63, 3.8) is 0 Å². The zero-order chi connectivity index (χ0) is 13.3. The van der Waals surface area contributed by atoms with Gasteiger partial charge in [0, 0.05) is 5.56 Å². The Morgan fingerprint density at radius 3 is 2.68 bits per heavy atom. The molecule has 0 radical (unpaired) electrons. The standard InChI is InChI=1S/C14H14FNO3/c15-12-10(14(16-9-17)5-1-2-6-14)3-4-11-13(12)19-8-7-18-11/h3-4H,1-2,5-8H2. The van der Waals surface area contributed by atoms with Gasteiger partial charge in [-0.3, -0.25) is 0 Å². The zero-order valence-corrected chi connectivity index (χ0v) is 10.4. The molecule has 1 aromatic rings. The number of carbonyl (C=O) groups excluding carboxylic acids is 1. The Kier molecular flexibility index (Phi) is 2.99. The van der Waals surface area contributed by atoms with Crippen molar-refractivity contribution < 1.29 is 18.7 Å². The lowest BCUT2D eigenvalue weighted by Gasteiger charge is -2.26. The van der Waals surface area contributed by atoms with Gasteiger partial charge in [0.2, 0.25) is 6.08 Å². The Bertz CT molecular complexity index is 546. The van der Waals surface area contributed by atoms with Gasteiger partial charge in [-0.15, -0.1) is 0 Å². The summed E-state index contributed by atoms with van der Waals surface area (Å²) in [5.74, 6) is 0.0879. The molecule has 0 bridgehead atoms. The summed E-state index contributed by atoms with van der Waals surface area (Å²) in [6.45, 7) is 0.751. The highest BCUT2D eigenvalue weighted by atomic mass is 19.1. The molecule has 0 unspecified atom stereocenters. The SMILES string of the molecule is O=C=NC1(c2ccc3c(c2F)OCCO3)CCCC1. The Labute approximate surface area is 110 Å². The molecule has 1 saturated carbocycles. The first-order valence-corrected chi connectivity index (χ1v) is 6.44. The highest BCUT2D eigenvalue weighted by Gasteiger charge is 2.39. The molecule has 0 atom stereocenters. The molecule has 4 nitrogen and oxygen atoms in total. The molecule has 1 heterocycles. The average molecular weight is 263 g/mol. The van der Waals surface area contributed by atoms with Gasteiger partial charge in [-0.1, -0.05) is 12.8 Å². The van der Waals surface area contributed by atoms with Gasteiger partial charge in [0.05, 0.1) is 0 Å². The summed E-state index contributed by atoms with van der Waals surface area (Å²) in [5, 5.41) is 0. The number of hydrogen-bond donors (Lipinski definition) is 0. The number of aliphatic imine (C=N–C) groups is 1. The van der Waals surface area contributed by atoms with Crippen molar-refractivity contribution >= 4 is 6.08 Å². The van der Waals surface area contributed by atoms with Gasteiger partial charge in [-0.05, 0) is 25.0 Å². The minimum absolute atomic E-state index is 0.135. The normalized spacial score (nSPS) is 19.8. The molecule has 1 aliphatic heterocycles. The molecule has 0 amide bonds. The fraction of sp³-hybridized carbons (Fsp3) is 0.500. The predicted molar refractivity (Wildman–Crippen MR) is 65.7 cm³/mol. The van der Waals surface area contributed by atoms with Crippen LogP contribution in [0.15, 0.2) is 17.1 Å². The average Bonchev–Trinajstić information content (AvgIpc) is 2.89. The van der Waals surface area contributed by atoms with Crippen molar-refractivity contribution in [2.24, 2.45) is 4.99 Å². The third kappa shape index (κ3) is 1.90. The smallest absolute Gasteiger partial charge is 0.235 e. The molecule has 0 spiro atoms. The van der Waals surface area contributed by atoms with Crippen LogP contribution < -0.4 is 9.47 Å². The third-order valence-electron chi connectivity index (χ3n) is 3.84. The monoisotopic (exact) mass is 263 g/mol. The molecular weight excluding hydrogens is 249 g/mol. The lowest BCUT2D eigenvalue weighted by atomic mass is 9.88. The van der Waals surface area contributed by atoms with Crippen molar-refractivity contribution in [1.29, 1.82) is 0 Å². The summed E-state index contributed by atoms with van der Waals surface area (Å²) in [5.41, 5.74) is -0.362. The van der Waals surface area contributed by atoms with E-state index in [1.54, 1.807) is 18.2 Å². The first-order valence-electron chi connectivity index (χ1n) is 6.44. The number of rotatable bonds is 2. The predicted octanol–water partition coefficient (Wildman–Crippen LogP) is 2.70. The van der Waals surface area contributed by atoms with E-state index in [1.165, 1.54) is 0 Å². The lowest BCUT2D eigenvalue weighted by molar-refractivity contribution is 0.163. The Hall–Kier alpha value is -1.87. The lowest BCUT2D eigenvalue weighted by Crippen LogP contribution is -2.23. The minimum atomic E-state index is -0.776. The topological polar surface area (TPSA) is 47.9 Å². The van der Waals surface area contributed by atoms with Crippen LogP contribution in [0.3, 0.4) is 0 Å². The quantitative estimate of drug-likeness (QED) is 0.609. The van der Waals surface area contributed by atoms with Crippen molar-refractivity contribution in [1.82, 2.24) is 0 Å². The minimum Gasteiger partial charge on any atom is -0.486 e. The molecule has 5 heteroatoms. The summed E-state index contributed by atoms with van der Waals surface area (Å²) in [4.78, 5) is 14.6. The maximum Gasteiger partial charge on any atom is 0.235 e. The molecule has 19 heavy (non-hydrogen) atoms. The number of benzene rings is 1. The first-order chi connectivity index (χ1) is 9.27. The van der Waals surface area contributed by atoms with E-state index in [-0.39, 0.29) is 5.75 Å². The first kappa shape index (κ1) is 12.2. The Morgan fingerprint density at radius 1 is 1.21 bits per heavy atom. The molecule has 3 rings (SSSR count). The van der Waals surface area contributed by atoms with Gasteiger partial charge in [-0.25, -0.2) is 9.18 Å². The van der Waals surface area contributed by atoms with Crippen LogP contribution >= 0.6 is 0 Å². The van der Waals surface area contributed by atoms with Gasteiger partial charge in [0.1, 0.15) is 18.8 Å². The summed E-state index contributed by atoms with van der Waals surface area (Å²) in [7, 11) is 0. The van der Waals surface area contributed by atoms with Crippen molar-refractivity contribution in [2.45, 2.75) is 31.2 Å². The Balaban J connectivity index is 2.12.